The molecule has 4 unspecified atom stereocenters. The zero-order chi connectivity index (χ0) is 33.9. The van der Waals surface area contributed by atoms with Crippen molar-refractivity contribution < 1.29 is 25.2 Å². The van der Waals surface area contributed by atoms with Gasteiger partial charge in [0.15, 0.2) is 0 Å². The first-order valence-corrected chi connectivity index (χ1v) is 20.4. The number of unbranched alkanes of at least 4 members (excludes halogenated alkanes) is 28. The van der Waals surface area contributed by atoms with Crippen molar-refractivity contribution in [3.05, 3.63) is 0 Å². The summed E-state index contributed by atoms with van der Waals surface area (Å²) >= 11 is 0. The monoisotopic (exact) mass is 656 g/mol. The summed E-state index contributed by atoms with van der Waals surface area (Å²) in [5.74, 6) is -0.584. The highest BCUT2D eigenvalue weighted by Gasteiger charge is 2.28. The first-order valence-electron chi connectivity index (χ1n) is 20.4. The van der Waals surface area contributed by atoms with Gasteiger partial charge in [-0.25, -0.2) is 0 Å². The summed E-state index contributed by atoms with van der Waals surface area (Å²) in [6.07, 6.45) is 36.0. The van der Waals surface area contributed by atoms with Gasteiger partial charge in [-0.05, 0) is 12.8 Å². The number of nitrogens with one attached hydrogen (secondary N) is 1. The molecule has 4 atom stereocenters. The maximum Gasteiger partial charge on any atom is 0.249 e. The smallest absolute Gasteiger partial charge is 0.249 e. The molecular formula is C40H81NO5. The molecule has 0 aromatic carbocycles. The molecule has 0 aromatic heterocycles. The summed E-state index contributed by atoms with van der Waals surface area (Å²) in [4.78, 5) is 12.4. The van der Waals surface area contributed by atoms with Crippen LogP contribution in [0.5, 0.6) is 0 Å². The number of amides is 1. The molecule has 0 aliphatic rings. The van der Waals surface area contributed by atoms with E-state index in [0.717, 1.165) is 38.5 Å². The largest absolute Gasteiger partial charge is 0.394 e. The topological polar surface area (TPSA) is 110 Å². The van der Waals surface area contributed by atoms with Gasteiger partial charge in [0.2, 0.25) is 5.91 Å². The fourth-order valence-corrected chi connectivity index (χ4v) is 6.52. The summed E-state index contributed by atoms with van der Waals surface area (Å²) in [5.41, 5.74) is 0. The van der Waals surface area contributed by atoms with Crippen LogP contribution in [-0.2, 0) is 4.79 Å². The Balaban J connectivity index is 3.56. The minimum Gasteiger partial charge on any atom is -0.394 e. The molecular weight excluding hydrogens is 574 g/mol. The highest BCUT2D eigenvalue weighted by Crippen LogP contribution is 2.17. The third kappa shape index (κ3) is 29.4. The third-order valence-electron chi connectivity index (χ3n) is 9.82. The highest BCUT2D eigenvalue weighted by atomic mass is 16.3. The van der Waals surface area contributed by atoms with E-state index in [0.29, 0.717) is 12.8 Å². The molecule has 0 radical (unpaired) electrons. The molecule has 276 valence electrons. The lowest BCUT2D eigenvalue weighted by Gasteiger charge is -2.27. The van der Waals surface area contributed by atoms with Crippen LogP contribution in [0.4, 0.5) is 0 Å². The van der Waals surface area contributed by atoms with Crippen LogP contribution in [0.1, 0.15) is 219 Å². The Kier molecular flexibility index (Phi) is 35.1. The Morgan fingerprint density at radius 1 is 0.457 bits per heavy atom. The van der Waals surface area contributed by atoms with E-state index in [9.17, 15) is 25.2 Å². The van der Waals surface area contributed by atoms with E-state index in [4.69, 9.17) is 0 Å². The average Bonchev–Trinajstić information content (AvgIpc) is 3.06. The van der Waals surface area contributed by atoms with Gasteiger partial charge in [-0.1, -0.05) is 206 Å². The Morgan fingerprint density at radius 2 is 0.739 bits per heavy atom. The molecule has 0 aliphatic carbocycles. The van der Waals surface area contributed by atoms with Gasteiger partial charge < -0.3 is 25.7 Å². The van der Waals surface area contributed by atoms with Gasteiger partial charge in [-0.15, -0.1) is 0 Å². The average molecular weight is 656 g/mol. The van der Waals surface area contributed by atoms with Gasteiger partial charge in [0.25, 0.3) is 0 Å². The molecule has 0 spiro atoms. The Hall–Kier alpha value is -0.690. The highest BCUT2D eigenvalue weighted by molar-refractivity contribution is 5.80. The summed E-state index contributed by atoms with van der Waals surface area (Å²) in [7, 11) is 0. The number of rotatable bonds is 37. The van der Waals surface area contributed by atoms with Gasteiger partial charge in [-0.3, -0.25) is 4.79 Å². The van der Waals surface area contributed by atoms with Crippen molar-refractivity contribution in [3.8, 4) is 0 Å². The second-order valence-electron chi connectivity index (χ2n) is 14.3. The molecule has 0 fully saturated rings. The molecule has 0 heterocycles. The lowest BCUT2D eigenvalue weighted by atomic mass is 9.99. The van der Waals surface area contributed by atoms with Crippen LogP contribution in [-0.4, -0.2) is 57.3 Å². The van der Waals surface area contributed by atoms with Crippen molar-refractivity contribution >= 4 is 5.91 Å². The fourth-order valence-electron chi connectivity index (χ4n) is 6.52. The van der Waals surface area contributed by atoms with Crippen LogP contribution in [0.2, 0.25) is 0 Å². The summed E-state index contributed by atoms with van der Waals surface area (Å²) in [5, 5.41) is 43.2. The van der Waals surface area contributed by atoms with E-state index in [1.807, 2.05) is 0 Å². The second-order valence-corrected chi connectivity index (χ2v) is 14.3. The molecule has 0 aliphatic heterocycles. The first kappa shape index (κ1) is 45.3. The maximum absolute atomic E-state index is 12.4. The van der Waals surface area contributed by atoms with Gasteiger partial charge >= 0.3 is 0 Å². The number of carbonyl (C=O) groups is 1. The minimum absolute atomic E-state index is 0.375. The van der Waals surface area contributed by atoms with Crippen molar-refractivity contribution in [2.45, 2.75) is 244 Å². The van der Waals surface area contributed by atoms with Crippen molar-refractivity contribution in [3.63, 3.8) is 0 Å². The minimum atomic E-state index is -1.25. The van der Waals surface area contributed by atoms with Crippen LogP contribution >= 0.6 is 0 Å². The predicted octanol–water partition coefficient (Wildman–Crippen LogP) is 10.1. The standard InChI is InChI=1S/C40H81NO5/c1-3-5-7-9-11-12-13-14-15-16-17-18-19-20-21-22-23-24-25-26-27-28-30-32-34-38(44)40(46)41-36(35-42)39(45)37(43)33-31-29-10-8-6-4-2/h36-39,42-45H,3-35H2,1-2H3,(H,41,46). The molecule has 0 saturated heterocycles. The molecule has 46 heavy (non-hydrogen) atoms. The SMILES string of the molecule is CCCCCCCCCCCCCCCCCCCCCCCCCCC(O)C(=O)NC(CO)C(O)C(O)CCCCCCCC. The van der Waals surface area contributed by atoms with Crippen molar-refractivity contribution in [1.29, 1.82) is 0 Å². The zero-order valence-corrected chi connectivity index (χ0v) is 30.8. The maximum atomic E-state index is 12.4. The number of hydrogen-bond acceptors (Lipinski definition) is 5. The van der Waals surface area contributed by atoms with Gasteiger partial charge in [0, 0.05) is 0 Å². The van der Waals surface area contributed by atoms with E-state index in [-0.39, 0.29) is 0 Å². The summed E-state index contributed by atoms with van der Waals surface area (Å²) in [6, 6.07) is -0.976. The van der Waals surface area contributed by atoms with Gasteiger partial charge in [0.1, 0.15) is 12.2 Å². The predicted molar refractivity (Wildman–Crippen MR) is 196 cm³/mol. The van der Waals surface area contributed by atoms with Crippen molar-refractivity contribution in [2.75, 3.05) is 6.61 Å². The number of aliphatic hydroxyl groups excluding tert-OH is 4. The number of aliphatic hydroxyl groups is 4. The molecule has 5 N–H and O–H groups in total. The summed E-state index contributed by atoms with van der Waals surface area (Å²) in [6.45, 7) is 3.98. The fraction of sp³-hybridized carbons (Fsp3) is 0.975. The van der Waals surface area contributed by atoms with Crippen LogP contribution in [0.3, 0.4) is 0 Å². The number of carbonyl (C=O) groups excluding carboxylic acids is 1. The van der Waals surface area contributed by atoms with Crippen LogP contribution in [0.25, 0.3) is 0 Å². The van der Waals surface area contributed by atoms with E-state index in [2.05, 4.69) is 19.2 Å². The van der Waals surface area contributed by atoms with Crippen LogP contribution in [0, 0.1) is 0 Å². The summed E-state index contributed by atoms with van der Waals surface area (Å²) < 4.78 is 0. The molecule has 1 amide bonds. The normalized spacial score (nSPS) is 14.3. The zero-order valence-electron chi connectivity index (χ0n) is 30.8. The van der Waals surface area contributed by atoms with Gasteiger partial charge in [0.05, 0.1) is 18.8 Å². The molecule has 6 heteroatoms. The molecule has 0 rings (SSSR count). The molecule has 6 nitrogen and oxygen atoms in total. The lowest BCUT2D eigenvalue weighted by Crippen LogP contribution is -2.53. The van der Waals surface area contributed by atoms with E-state index < -0.39 is 36.9 Å². The van der Waals surface area contributed by atoms with Crippen LogP contribution < -0.4 is 5.32 Å². The number of hydrogen-bond donors (Lipinski definition) is 5. The van der Waals surface area contributed by atoms with Crippen LogP contribution in [0.15, 0.2) is 0 Å². The van der Waals surface area contributed by atoms with Crippen molar-refractivity contribution in [2.24, 2.45) is 0 Å². The Bertz CT molecular complexity index is 618. The quantitative estimate of drug-likeness (QED) is 0.0428. The molecule has 0 aromatic rings. The van der Waals surface area contributed by atoms with E-state index in [1.165, 1.54) is 154 Å². The van der Waals surface area contributed by atoms with E-state index >= 15 is 0 Å². The molecule has 0 saturated carbocycles. The lowest BCUT2D eigenvalue weighted by molar-refractivity contribution is -0.132. The van der Waals surface area contributed by atoms with E-state index in [1.54, 1.807) is 0 Å². The first-order chi connectivity index (χ1) is 22.5. The third-order valence-corrected chi connectivity index (χ3v) is 9.82. The molecule has 0 bridgehead atoms. The van der Waals surface area contributed by atoms with Crippen molar-refractivity contribution in [1.82, 2.24) is 5.32 Å². The Morgan fingerprint density at radius 3 is 1.04 bits per heavy atom. The second kappa shape index (κ2) is 35.6. The van der Waals surface area contributed by atoms with Gasteiger partial charge in [-0.2, -0.15) is 0 Å². The Labute approximate surface area is 286 Å².